The molecule has 0 fully saturated rings. The van der Waals surface area contributed by atoms with Gasteiger partial charge in [0.05, 0.1) is 11.4 Å². The Morgan fingerprint density at radius 3 is 2.97 bits per heavy atom. The second kappa shape index (κ2) is 7.46. The summed E-state index contributed by atoms with van der Waals surface area (Å²) in [5, 5.41) is 4.74. The zero-order valence-electron chi connectivity index (χ0n) is 16.1. The number of aryl methyl sites for hydroxylation is 1. The van der Waals surface area contributed by atoms with Crippen LogP contribution in [0.2, 0.25) is 0 Å². The number of pyridine rings is 2. The van der Waals surface area contributed by atoms with E-state index in [1.54, 1.807) is 10.8 Å². The first kappa shape index (κ1) is 18.1. The number of benzene rings is 1. The van der Waals surface area contributed by atoms with Gasteiger partial charge >= 0.3 is 0 Å². The molecule has 0 amide bonds. The van der Waals surface area contributed by atoms with Gasteiger partial charge in [-0.1, -0.05) is 12.1 Å². The molecule has 0 spiro atoms. The third-order valence-electron chi connectivity index (χ3n) is 5.23. The summed E-state index contributed by atoms with van der Waals surface area (Å²) >= 11 is 1.81. The van der Waals surface area contributed by atoms with Crippen LogP contribution in [0.5, 0.6) is 5.75 Å². The average Bonchev–Trinajstić information content (AvgIpc) is 3.11. The van der Waals surface area contributed by atoms with Crippen LogP contribution in [0.15, 0.2) is 59.7 Å². The van der Waals surface area contributed by atoms with Gasteiger partial charge in [0.2, 0.25) is 0 Å². The second-order valence-electron chi connectivity index (χ2n) is 7.30. The normalized spacial score (nSPS) is 13.4. The fourth-order valence-electron chi connectivity index (χ4n) is 3.68. The van der Waals surface area contributed by atoms with Crippen LogP contribution < -0.4 is 15.6 Å². The monoisotopic (exact) mass is 403 g/mol. The molecule has 4 aromatic rings. The van der Waals surface area contributed by atoms with Crippen molar-refractivity contribution in [2.75, 3.05) is 6.54 Å². The first-order valence-corrected chi connectivity index (χ1v) is 10.5. The fourth-order valence-corrected chi connectivity index (χ4v) is 4.93. The van der Waals surface area contributed by atoms with Gasteiger partial charge in [0, 0.05) is 34.6 Å². The van der Waals surface area contributed by atoms with Crippen molar-refractivity contribution in [3.05, 3.63) is 86.9 Å². The lowest BCUT2D eigenvalue weighted by molar-refractivity contribution is 0.300. The van der Waals surface area contributed by atoms with E-state index in [-0.39, 0.29) is 5.56 Å². The molecular formula is C23H21N3O2S. The molecule has 5 nitrogen and oxygen atoms in total. The summed E-state index contributed by atoms with van der Waals surface area (Å²) < 4.78 is 8.64. The van der Waals surface area contributed by atoms with E-state index in [4.69, 9.17) is 4.74 Å². The van der Waals surface area contributed by atoms with E-state index in [9.17, 15) is 4.79 Å². The summed E-state index contributed by atoms with van der Waals surface area (Å²) in [5.41, 5.74) is 4.16. The zero-order valence-corrected chi connectivity index (χ0v) is 17.0. The maximum absolute atomic E-state index is 12.7. The van der Waals surface area contributed by atoms with Crippen molar-refractivity contribution in [2.45, 2.75) is 26.5 Å². The minimum absolute atomic E-state index is 0.110. The van der Waals surface area contributed by atoms with Gasteiger partial charge in [-0.2, -0.15) is 0 Å². The van der Waals surface area contributed by atoms with Gasteiger partial charge in [-0.3, -0.25) is 14.3 Å². The van der Waals surface area contributed by atoms with Crippen molar-refractivity contribution in [3.63, 3.8) is 0 Å². The lowest BCUT2D eigenvalue weighted by Gasteiger charge is -2.12. The molecule has 1 N–H and O–H groups in total. The van der Waals surface area contributed by atoms with Crippen LogP contribution >= 0.6 is 11.3 Å². The molecule has 0 unspecified atom stereocenters. The third kappa shape index (κ3) is 3.57. The minimum atomic E-state index is -0.110. The van der Waals surface area contributed by atoms with Crippen LogP contribution in [-0.2, 0) is 19.6 Å². The molecule has 146 valence electrons. The molecule has 0 atom stereocenters. The second-order valence-corrected chi connectivity index (χ2v) is 8.43. The number of aromatic nitrogens is 2. The van der Waals surface area contributed by atoms with Crippen molar-refractivity contribution in [1.82, 2.24) is 14.9 Å². The summed E-state index contributed by atoms with van der Waals surface area (Å²) in [6.45, 7) is 4.30. The highest BCUT2D eigenvalue weighted by molar-refractivity contribution is 7.19. The molecule has 0 aliphatic carbocycles. The van der Waals surface area contributed by atoms with Crippen LogP contribution in [0.4, 0.5) is 0 Å². The Hall–Kier alpha value is -2.96. The van der Waals surface area contributed by atoms with Crippen molar-refractivity contribution in [2.24, 2.45) is 0 Å². The van der Waals surface area contributed by atoms with Crippen LogP contribution in [0.25, 0.3) is 15.8 Å². The maximum atomic E-state index is 12.7. The SMILES string of the molecule is Cc1ccc(COc2ccn(-c3ccc4c5c(sc4c3)CNCC5)c(=O)c2)nc1. The van der Waals surface area contributed by atoms with Gasteiger partial charge < -0.3 is 10.1 Å². The van der Waals surface area contributed by atoms with E-state index in [0.29, 0.717) is 12.4 Å². The summed E-state index contributed by atoms with van der Waals surface area (Å²) in [7, 11) is 0. The standard InChI is InChI=1S/C23H21N3O2S/c1-15-2-3-16(25-12-15)14-28-18-7-9-26(23(27)11-18)17-4-5-19-20-6-8-24-13-22(20)29-21(19)10-17/h2-5,7,9-12,24H,6,8,13-14H2,1H3. The number of fused-ring (bicyclic) bond motifs is 3. The maximum Gasteiger partial charge on any atom is 0.258 e. The van der Waals surface area contributed by atoms with Crippen molar-refractivity contribution < 1.29 is 4.74 Å². The van der Waals surface area contributed by atoms with Crippen LogP contribution in [-0.4, -0.2) is 16.1 Å². The molecule has 0 bridgehead atoms. The number of ether oxygens (including phenoxy) is 1. The Bertz CT molecular complexity index is 1240. The lowest BCUT2D eigenvalue weighted by atomic mass is 10.0. The quantitative estimate of drug-likeness (QED) is 0.560. The Morgan fingerprint density at radius 1 is 1.21 bits per heavy atom. The minimum Gasteiger partial charge on any atom is -0.487 e. The molecule has 0 saturated carbocycles. The van der Waals surface area contributed by atoms with Gasteiger partial charge in [-0.15, -0.1) is 11.3 Å². The van der Waals surface area contributed by atoms with E-state index < -0.39 is 0 Å². The molecular weight excluding hydrogens is 382 g/mol. The predicted molar refractivity (Wildman–Crippen MR) is 116 cm³/mol. The highest BCUT2D eigenvalue weighted by Gasteiger charge is 2.16. The van der Waals surface area contributed by atoms with Crippen LogP contribution in [0.3, 0.4) is 0 Å². The van der Waals surface area contributed by atoms with Gasteiger partial charge in [0.25, 0.3) is 5.56 Å². The summed E-state index contributed by atoms with van der Waals surface area (Å²) in [6.07, 6.45) is 4.65. The predicted octanol–water partition coefficient (Wildman–Crippen LogP) is 3.98. The number of thiophene rings is 1. The van der Waals surface area contributed by atoms with Crippen molar-refractivity contribution >= 4 is 21.4 Å². The molecule has 29 heavy (non-hydrogen) atoms. The molecule has 5 rings (SSSR count). The Kier molecular flexibility index (Phi) is 4.66. The summed E-state index contributed by atoms with van der Waals surface area (Å²) in [5.74, 6) is 0.548. The molecule has 4 heterocycles. The molecule has 0 radical (unpaired) electrons. The molecule has 3 aromatic heterocycles. The van der Waals surface area contributed by atoms with Gasteiger partial charge in [0.15, 0.2) is 0 Å². The molecule has 0 saturated heterocycles. The van der Waals surface area contributed by atoms with Gasteiger partial charge in [-0.25, -0.2) is 0 Å². The number of rotatable bonds is 4. The van der Waals surface area contributed by atoms with Crippen molar-refractivity contribution in [1.29, 1.82) is 0 Å². The summed E-state index contributed by atoms with van der Waals surface area (Å²) in [6, 6.07) is 13.6. The smallest absolute Gasteiger partial charge is 0.258 e. The third-order valence-corrected chi connectivity index (χ3v) is 6.42. The number of hydrogen-bond acceptors (Lipinski definition) is 5. The topological polar surface area (TPSA) is 56.1 Å². The Labute approximate surface area is 172 Å². The molecule has 1 aromatic carbocycles. The first-order valence-electron chi connectivity index (χ1n) is 9.70. The zero-order chi connectivity index (χ0) is 19.8. The number of nitrogens with one attached hydrogen (secondary N) is 1. The number of nitrogens with zero attached hydrogens (tertiary/aromatic N) is 2. The molecule has 1 aliphatic rings. The average molecular weight is 404 g/mol. The van der Waals surface area contributed by atoms with E-state index >= 15 is 0 Å². The highest BCUT2D eigenvalue weighted by Crippen LogP contribution is 2.34. The lowest BCUT2D eigenvalue weighted by Crippen LogP contribution is -2.21. The highest BCUT2D eigenvalue weighted by atomic mass is 32.1. The van der Waals surface area contributed by atoms with E-state index in [2.05, 4.69) is 22.4 Å². The number of hydrogen-bond donors (Lipinski definition) is 1. The molecule has 6 heteroatoms. The van der Waals surface area contributed by atoms with E-state index in [1.165, 1.54) is 26.6 Å². The van der Waals surface area contributed by atoms with Gasteiger partial charge in [-0.05, 0) is 60.7 Å². The Morgan fingerprint density at radius 2 is 2.14 bits per heavy atom. The first-order chi connectivity index (χ1) is 14.2. The Balaban J connectivity index is 1.39. The largest absolute Gasteiger partial charge is 0.487 e. The van der Waals surface area contributed by atoms with E-state index in [0.717, 1.165) is 36.5 Å². The van der Waals surface area contributed by atoms with Gasteiger partial charge in [0.1, 0.15) is 12.4 Å². The van der Waals surface area contributed by atoms with E-state index in [1.807, 2.05) is 48.7 Å². The van der Waals surface area contributed by atoms with Crippen molar-refractivity contribution in [3.8, 4) is 11.4 Å². The van der Waals surface area contributed by atoms with Crippen LogP contribution in [0.1, 0.15) is 21.7 Å². The molecule has 1 aliphatic heterocycles. The summed E-state index contributed by atoms with van der Waals surface area (Å²) in [4.78, 5) is 18.4. The fraction of sp³-hybridized carbons (Fsp3) is 0.217. The van der Waals surface area contributed by atoms with Crippen LogP contribution in [0, 0.1) is 6.92 Å².